The van der Waals surface area contributed by atoms with Crippen LogP contribution in [0.3, 0.4) is 0 Å². The Morgan fingerprint density at radius 3 is 2.77 bits per heavy atom. The molecule has 0 saturated carbocycles. The second-order valence-electron chi connectivity index (χ2n) is 5.69. The van der Waals surface area contributed by atoms with Gasteiger partial charge in [-0.3, -0.25) is 4.90 Å². The van der Waals surface area contributed by atoms with Crippen LogP contribution in [0, 0.1) is 0 Å². The Kier molecular flexibility index (Phi) is 8.09. The number of ether oxygens (including phenoxy) is 3. The number of esters is 1. The monoisotopic (exact) mass is 401 g/mol. The van der Waals surface area contributed by atoms with Gasteiger partial charge in [0.1, 0.15) is 22.7 Å². The van der Waals surface area contributed by atoms with Crippen LogP contribution in [0.4, 0.5) is 0 Å². The Labute approximate surface area is 163 Å². The number of halogens is 1. The van der Waals surface area contributed by atoms with Crippen molar-refractivity contribution < 1.29 is 23.4 Å². The number of carbonyl (C=O) groups is 1. The Bertz CT molecular complexity index is 730. The highest BCUT2D eigenvalue weighted by Crippen LogP contribution is 2.32. The molecule has 1 aliphatic heterocycles. The highest BCUT2D eigenvalue weighted by Gasteiger charge is 2.23. The van der Waals surface area contributed by atoms with Gasteiger partial charge in [-0.2, -0.15) is 0 Å². The molecule has 26 heavy (non-hydrogen) atoms. The molecule has 0 unspecified atom stereocenters. The van der Waals surface area contributed by atoms with Crippen LogP contribution in [0.5, 0.6) is 5.75 Å². The van der Waals surface area contributed by atoms with Crippen LogP contribution in [-0.2, 0) is 15.2 Å². The van der Waals surface area contributed by atoms with Gasteiger partial charge in [-0.15, -0.1) is 24.2 Å². The third-order valence-corrected chi connectivity index (χ3v) is 5.07. The number of rotatable bonds is 7. The second kappa shape index (κ2) is 10.1. The fourth-order valence-electron chi connectivity index (χ4n) is 2.78. The van der Waals surface area contributed by atoms with Gasteiger partial charge in [-0.25, -0.2) is 4.79 Å². The molecule has 0 amide bonds. The molecule has 2 aromatic rings. The first kappa shape index (κ1) is 20.9. The number of benzene rings is 1. The number of morpholine rings is 1. The van der Waals surface area contributed by atoms with Crippen LogP contribution < -0.4 is 4.74 Å². The van der Waals surface area contributed by atoms with Crippen molar-refractivity contribution in [1.82, 2.24) is 4.90 Å². The van der Waals surface area contributed by atoms with Gasteiger partial charge in [0, 0.05) is 24.4 Å². The van der Waals surface area contributed by atoms with Crippen molar-refractivity contribution in [2.24, 2.45) is 0 Å². The minimum atomic E-state index is -0.350. The first-order valence-corrected chi connectivity index (χ1v) is 9.52. The van der Waals surface area contributed by atoms with Gasteiger partial charge in [-0.05, 0) is 25.1 Å². The van der Waals surface area contributed by atoms with Crippen LogP contribution in [0.2, 0.25) is 0 Å². The smallest absolute Gasteiger partial charge is 0.342 e. The van der Waals surface area contributed by atoms with Crippen molar-refractivity contribution in [1.29, 1.82) is 0 Å². The molecular formula is C18H24ClNO5S. The molecule has 144 valence electrons. The standard InChI is InChI=1S/C18H23NO5S.ClH/c1-3-23-18(20)17-14-10-13(21-2)4-5-15(14)24-16(17)11-25-12-19-6-8-22-9-7-19;/h4-5,10H,3,6-9,11-12H2,1-2H3;1H. The molecule has 0 bridgehead atoms. The lowest BCUT2D eigenvalue weighted by molar-refractivity contribution is 0.0473. The van der Waals surface area contributed by atoms with E-state index in [9.17, 15) is 4.79 Å². The number of carbonyl (C=O) groups excluding carboxylic acids is 1. The maximum absolute atomic E-state index is 12.4. The molecule has 1 aromatic heterocycles. The summed E-state index contributed by atoms with van der Waals surface area (Å²) >= 11 is 1.73. The summed E-state index contributed by atoms with van der Waals surface area (Å²) < 4.78 is 21.8. The predicted molar refractivity (Wildman–Crippen MR) is 105 cm³/mol. The highest BCUT2D eigenvalue weighted by molar-refractivity contribution is 7.98. The van der Waals surface area contributed by atoms with Crippen LogP contribution >= 0.6 is 24.2 Å². The molecule has 3 rings (SSSR count). The van der Waals surface area contributed by atoms with Gasteiger partial charge < -0.3 is 18.6 Å². The molecule has 0 radical (unpaired) electrons. The fourth-order valence-corrected chi connectivity index (χ4v) is 3.78. The lowest BCUT2D eigenvalue weighted by Gasteiger charge is -2.25. The number of fused-ring (bicyclic) bond motifs is 1. The third kappa shape index (κ3) is 4.85. The van der Waals surface area contributed by atoms with Crippen LogP contribution in [0.15, 0.2) is 22.6 Å². The van der Waals surface area contributed by atoms with Gasteiger partial charge in [0.05, 0.1) is 32.7 Å². The Morgan fingerprint density at radius 1 is 1.31 bits per heavy atom. The van der Waals surface area contributed by atoms with E-state index in [0.717, 1.165) is 37.6 Å². The molecule has 1 fully saturated rings. The number of furan rings is 1. The predicted octanol–water partition coefficient (Wildman–Crippen LogP) is 3.56. The minimum absolute atomic E-state index is 0. The van der Waals surface area contributed by atoms with Crippen molar-refractivity contribution in [3.05, 3.63) is 29.5 Å². The molecule has 1 aromatic carbocycles. The molecule has 0 aliphatic carbocycles. The molecule has 6 nitrogen and oxygen atoms in total. The zero-order valence-electron chi connectivity index (χ0n) is 15.0. The average Bonchev–Trinajstić information content (AvgIpc) is 3.00. The third-order valence-electron chi connectivity index (χ3n) is 4.06. The summed E-state index contributed by atoms with van der Waals surface area (Å²) in [5.41, 5.74) is 1.18. The van der Waals surface area contributed by atoms with Gasteiger partial charge in [0.15, 0.2) is 0 Å². The summed E-state index contributed by atoms with van der Waals surface area (Å²) in [5, 5.41) is 0.736. The van der Waals surface area contributed by atoms with Crippen molar-refractivity contribution >= 4 is 41.1 Å². The van der Waals surface area contributed by atoms with E-state index in [0.29, 0.717) is 35.0 Å². The van der Waals surface area contributed by atoms with E-state index < -0.39 is 0 Å². The van der Waals surface area contributed by atoms with Crippen LogP contribution in [0.1, 0.15) is 23.0 Å². The summed E-state index contributed by atoms with van der Waals surface area (Å²) in [5.74, 6) is 2.48. The lowest BCUT2D eigenvalue weighted by Crippen LogP contribution is -2.35. The number of hydrogen-bond donors (Lipinski definition) is 0. The van der Waals surface area contributed by atoms with Crippen LogP contribution in [-0.4, -0.2) is 56.8 Å². The van der Waals surface area contributed by atoms with Crippen molar-refractivity contribution in [3.63, 3.8) is 0 Å². The quantitative estimate of drug-likeness (QED) is 0.657. The molecule has 0 N–H and O–H groups in total. The van der Waals surface area contributed by atoms with E-state index in [1.54, 1.807) is 25.8 Å². The molecule has 1 aliphatic rings. The molecule has 0 spiro atoms. The Morgan fingerprint density at radius 2 is 2.08 bits per heavy atom. The van der Waals surface area contributed by atoms with E-state index in [1.807, 2.05) is 18.2 Å². The highest BCUT2D eigenvalue weighted by atomic mass is 35.5. The fraction of sp³-hybridized carbons (Fsp3) is 0.500. The van der Waals surface area contributed by atoms with E-state index in [-0.39, 0.29) is 18.4 Å². The van der Waals surface area contributed by atoms with E-state index in [4.69, 9.17) is 18.6 Å². The van der Waals surface area contributed by atoms with Crippen molar-refractivity contribution in [2.45, 2.75) is 12.7 Å². The lowest BCUT2D eigenvalue weighted by atomic mass is 10.1. The number of hydrogen-bond acceptors (Lipinski definition) is 7. The summed E-state index contributed by atoms with van der Waals surface area (Å²) in [6.07, 6.45) is 0. The molecule has 8 heteroatoms. The number of methoxy groups -OCH3 is 1. The zero-order chi connectivity index (χ0) is 17.6. The average molecular weight is 402 g/mol. The van der Waals surface area contributed by atoms with Gasteiger partial charge in [0.2, 0.25) is 0 Å². The minimum Gasteiger partial charge on any atom is -0.497 e. The summed E-state index contributed by atoms with van der Waals surface area (Å²) in [6.45, 7) is 5.56. The second-order valence-corrected chi connectivity index (χ2v) is 6.65. The number of thioether (sulfide) groups is 1. The molecule has 0 atom stereocenters. The summed E-state index contributed by atoms with van der Waals surface area (Å²) in [7, 11) is 1.60. The van der Waals surface area contributed by atoms with Gasteiger partial charge in [-0.1, -0.05) is 0 Å². The first-order chi connectivity index (χ1) is 12.2. The first-order valence-electron chi connectivity index (χ1n) is 8.37. The summed E-state index contributed by atoms with van der Waals surface area (Å²) in [6, 6.07) is 5.47. The topological polar surface area (TPSA) is 61.1 Å². The Hall–Kier alpha value is -1.41. The SMILES string of the molecule is CCOC(=O)c1c(CSCN2CCOCC2)oc2ccc(OC)cc12.Cl. The Balaban J connectivity index is 0.00000243. The normalized spacial score (nSPS) is 14.8. The maximum atomic E-state index is 12.4. The van der Waals surface area contributed by atoms with E-state index >= 15 is 0 Å². The summed E-state index contributed by atoms with van der Waals surface area (Å²) in [4.78, 5) is 14.8. The largest absolute Gasteiger partial charge is 0.497 e. The zero-order valence-corrected chi connectivity index (χ0v) is 16.6. The maximum Gasteiger partial charge on any atom is 0.342 e. The van der Waals surface area contributed by atoms with Crippen LogP contribution in [0.25, 0.3) is 11.0 Å². The van der Waals surface area contributed by atoms with Gasteiger partial charge >= 0.3 is 5.97 Å². The van der Waals surface area contributed by atoms with Gasteiger partial charge in [0.25, 0.3) is 0 Å². The van der Waals surface area contributed by atoms with Crippen molar-refractivity contribution in [3.8, 4) is 5.75 Å². The van der Waals surface area contributed by atoms with E-state index in [1.165, 1.54) is 0 Å². The molecule has 1 saturated heterocycles. The molecular weight excluding hydrogens is 378 g/mol. The van der Waals surface area contributed by atoms with Crippen molar-refractivity contribution in [2.75, 3.05) is 45.9 Å². The molecule has 2 heterocycles. The van der Waals surface area contributed by atoms with E-state index in [2.05, 4.69) is 4.90 Å². The number of nitrogens with zero attached hydrogens (tertiary/aromatic N) is 1.